The van der Waals surface area contributed by atoms with Crippen molar-refractivity contribution >= 4 is 22.9 Å². The van der Waals surface area contributed by atoms with Crippen LogP contribution in [-0.2, 0) is 11.3 Å². The van der Waals surface area contributed by atoms with E-state index in [2.05, 4.69) is 10.3 Å². The standard InChI is InChI=1S/C15H13N3O3/c19-13(12-6-3-7-21-12)9-8-18-11-5-2-1-4-10(11)16-15(18)17-14(9)20/h1-7,9,13,19H,8H2,(H,16,17,20). The quantitative estimate of drug-likeness (QED) is 0.753. The first-order valence-corrected chi connectivity index (χ1v) is 6.71. The number of amides is 1. The van der Waals surface area contributed by atoms with Crippen LogP contribution in [-0.4, -0.2) is 20.6 Å². The minimum atomic E-state index is -0.977. The molecule has 3 aromatic rings. The maximum Gasteiger partial charge on any atom is 0.234 e. The van der Waals surface area contributed by atoms with Crippen molar-refractivity contribution in [1.29, 1.82) is 0 Å². The summed E-state index contributed by atoms with van der Waals surface area (Å²) in [6, 6.07) is 11.0. The summed E-state index contributed by atoms with van der Waals surface area (Å²) in [5.74, 6) is 0.0510. The monoisotopic (exact) mass is 283 g/mol. The van der Waals surface area contributed by atoms with Gasteiger partial charge in [0.1, 0.15) is 11.9 Å². The first-order valence-electron chi connectivity index (χ1n) is 6.71. The van der Waals surface area contributed by atoms with Crippen molar-refractivity contribution in [2.24, 2.45) is 5.92 Å². The number of rotatable bonds is 2. The van der Waals surface area contributed by atoms with Crippen molar-refractivity contribution in [3.63, 3.8) is 0 Å². The topological polar surface area (TPSA) is 80.3 Å². The number of imidazole rings is 1. The van der Waals surface area contributed by atoms with Crippen LogP contribution in [0.25, 0.3) is 11.0 Å². The van der Waals surface area contributed by atoms with Crippen LogP contribution in [0.1, 0.15) is 11.9 Å². The number of aliphatic hydroxyl groups excluding tert-OH is 1. The van der Waals surface area contributed by atoms with Crippen molar-refractivity contribution in [2.45, 2.75) is 12.6 Å². The van der Waals surface area contributed by atoms with Gasteiger partial charge >= 0.3 is 0 Å². The molecule has 2 N–H and O–H groups in total. The van der Waals surface area contributed by atoms with Gasteiger partial charge in [0, 0.05) is 6.54 Å². The predicted octanol–water partition coefficient (Wildman–Crippen LogP) is 1.93. The summed E-state index contributed by atoms with van der Waals surface area (Å²) in [6.07, 6.45) is 0.506. The number of nitrogens with zero attached hydrogens (tertiary/aromatic N) is 2. The van der Waals surface area contributed by atoms with Crippen LogP contribution in [0, 0.1) is 5.92 Å². The van der Waals surface area contributed by atoms with E-state index in [1.54, 1.807) is 12.1 Å². The van der Waals surface area contributed by atoms with E-state index in [4.69, 9.17) is 4.42 Å². The Labute approximate surface area is 120 Å². The van der Waals surface area contributed by atoms with Crippen molar-refractivity contribution in [2.75, 3.05) is 5.32 Å². The lowest BCUT2D eigenvalue weighted by atomic mass is 9.98. The number of furan rings is 1. The Balaban J connectivity index is 1.75. The first kappa shape index (κ1) is 12.2. The van der Waals surface area contributed by atoms with Crippen LogP contribution in [0.15, 0.2) is 47.1 Å². The molecule has 2 aromatic heterocycles. The zero-order valence-corrected chi connectivity index (χ0v) is 11.1. The molecule has 1 aromatic carbocycles. The SMILES string of the molecule is O=C1Nc2nc3ccccc3n2CC1C(O)c1ccco1. The molecule has 1 aliphatic heterocycles. The molecule has 6 heteroatoms. The van der Waals surface area contributed by atoms with E-state index in [1.165, 1.54) is 6.26 Å². The number of hydrogen-bond donors (Lipinski definition) is 2. The maximum atomic E-state index is 12.2. The van der Waals surface area contributed by atoms with Gasteiger partial charge < -0.3 is 14.1 Å². The van der Waals surface area contributed by atoms with Crippen LogP contribution in [0.3, 0.4) is 0 Å². The first-order chi connectivity index (χ1) is 10.2. The van der Waals surface area contributed by atoms with E-state index < -0.39 is 12.0 Å². The van der Waals surface area contributed by atoms with Gasteiger partial charge in [0.25, 0.3) is 0 Å². The van der Waals surface area contributed by atoms with E-state index in [1.807, 2.05) is 28.8 Å². The summed E-state index contributed by atoms with van der Waals surface area (Å²) in [5, 5.41) is 13.1. The van der Waals surface area contributed by atoms with Gasteiger partial charge in [0.2, 0.25) is 11.9 Å². The lowest BCUT2D eigenvalue weighted by Crippen LogP contribution is -2.37. The Morgan fingerprint density at radius 2 is 2.19 bits per heavy atom. The van der Waals surface area contributed by atoms with Gasteiger partial charge in [-0.15, -0.1) is 0 Å². The van der Waals surface area contributed by atoms with E-state index in [0.717, 1.165) is 11.0 Å². The van der Waals surface area contributed by atoms with Crippen molar-refractivity contribution in [1.82, 2.24) is 9.55 Å². The third-order valence-corrected chi connectivity index (χ3v) is 3.82. The average Bonchev–Trinajstić information content (AvgIpc) is 3.13. The minimum Gasteiger partial charge on any atom is -0.467 e. The molecule has 1 aliphatic rings. The van der Waals surface area contributed by atoms with E-state index in [9.17, 15) is 9.90 Å². The zero-order chi connectivity index (χ0) is 14.4. The van der Waals surface area contributed by atoms with Crippen LogP contribution in [0.2, 0.25) is 0 Å². The summed E-state index contributed by atoms with van der Waals surface area (Å²) in [5.41, 5.74) is 1.75. The fourth-order valence-corrected chi connectivity index (χ4v) is 2.74. The molecule has 0 radical (unpaired) electrons. The number of aliphatic hydroxyl groups is 1. The number of fused-ring (bicyclic) bond motifs is 3. The number of nitrogens with one attached hydrogen (secondary N) is 1. The number of anilines is 1. The van der Waals surface area contributed by atoms with Crippen LogP contribution in [0.5, 0.6) is 0 Å². The highest BCUT2D eigenvalue weighted by molar-refractivity contribution is 5.95. The number of carbonyl (C=O) groups is 1. The minimum absolute atomic E-state index is 0.248. The summed E-state index contributed by atoms with van der Waals surface area (Å²) >= 11 is 0. The maximum absolute atomic E-state index is 12.2. The van der Waals surface area contributed by atoms with Gasteiger partial charge in [-0.05, 0) is 24.3 Å². The third kappa shape index (κ3) is 1.84. The molecule has 0 bridgehead atoms. The molecule has 2 atom stereocenters. The van der Waals surface area contributed by atoms with E-state index >= 15 is 0 Å². The molecule has 1 amide bonds. The second-order valence-electron chi connectivity index (χ2n) is 5.09. The molecule has 0 fully saturated rings. The molecule has 106 valence electrons. The number of aromatic nitrogens is 2. The third-order valence-electron chi connectivity index (χ3n) is 3.82. The Morgan fingerprint density at radius 3 is 3.00 bits per heavy atom. The molecule has 21 heavy (non-hydrogen) atoms. The molecular weight excluding hydrogens is 270 g/mol. The molecule has 0 spiro atoms. The highest BCUT2D eigenvalue weighted by Crippen LogP contribution is 2.31. The molecule has 3 heterocycles. The van der Waals surface area contributed by atoms with Crippen LogP contribution >= 0.6 is 0 Å². The summed E-state index contributed by atoms with van der Waals surface area (Å²) in [4.78, 5) is 16.6. The lowest BCUT2D eigenvalue weighted by molar-refractivity contribution is -0.125. The Kier molecular flexibility index (Phi) is 2.58. The molecule has 0 saturated heterocycles. The molecular formula is C15H13N3O3. The zero-order valence-electron chi connectivity index (χ0n) is 11.1. The molecule has 0 aliphatic carbocycles. The fraction of sp³-hybridized carbons (Fsp3) is 0.200. The van der Waals surface area contributed by atoms with Crippen LogP contribution in [0.4, 0.5) is 5.95 Å². The number of para-hydroxylation sites is 2. The van der Waals surface area contributed by atoms with Crippen molar-refractivity contribution in [3.05, 3.63) is 48.4 Å². The van der Waals surface area contributed by atoms with Crippen LogP contribution < -0.4 is 5.32 Å². The summed E-state index contributed by atoms with van der Waals surface area (Å²) < 4.78 is 7.11. The average molecular weight is 283 g/mol. The molecule has 6 nitrogen and oxygen atoms in total. The lowest BCUT2D eigenvalue weighted by Gasteiger charge is -2.26. The smallest absolute Gasteiger partial charge is 0.234 e. The van der Waals surface area contributed by atoms with Gasteiger partial charge in [-0.25, -0.2) is 4.98 Å². The number of carbonyl (C=O) groups excluding carboxylic acids is 1. The Bertz CT molecular complexity index is 807. The van der Waals surface area contributed by atoms with Crippen molar-refractivity contribution < 1.29 is 14.3 Å². The van der Waals surface area contributed by atoms with Crippen molar-refractivity contribution in [3.8, 4) is 0 Å². The molecule has 2 unspecified atom stereocenters. The normalized spacial score (nSPS) is 19.3. The number of hydrogen-bond acceptors (Lipinski definition) is 4. The summed E-state index contributed by atoms with van der Waals surface area (Å²) in [6.45, 7) is 0.365. The largest absolute Gasteiger partial charge is 0.467 e. The second-order valence-corrected chi connectivity index (χ2v) is 5.09. The van der Waals surface area contributed by atoms with Gasteiger partial charge in [-0.2, -0.15) is 0 Å². The van der Waals surface area contributed by atoms with Gasteiger partial charge in [-0.1, -0.05) is 12.1 Å². The predicted molar refractivity (Wildman–Crippen MR) is 75.5 cm³/mol. The molecule has 4 rings (SSSR count). The van der Waals surface area contributed by atoms with E-state index in [-0.39, 0.29) is 5.91 Å². The summed E-state index contributed by atoms with van der Waals surface area (Å²) in [7, 11) is 0. The molecule has 0 saturated carbocycles. The van der Waals surface area contributed by atoms with Gasteiger partial charge in [0.15, 0.2) is 0 Å². The second kappa shape index (κ2) is 4.46. The Hall–Kier alpha value is -2.60. The highest BCUT2D eigenvalue weighted by atomic mass is 16.4. The number of benzene rings is 1. The fourth-order valence-electron chi connectivity index (χ4n) is 2.74. The van der Waals surface area contributed by atoms with Gasteiger partial charge in [-0.3, -0.25) is 10.1 Å². The Morgan fingerprint density at radius 1 is 1.33 bits per heavy atom. The van der Waals surface area contributed by atoms with E-state index in [0.29, 0.717) is 18.3 Å². The highest BCUT2D eigenvalue weighted by Gasteiger charge is 2.35. The van der Waals surface area contributed by atoms with Gasteiger partial charge in [0.05, 0.1) is 23.2 Å².